The molecular weight excluding hydrogens is 140 g/mol. The third kappa shape index (κ3) is 0.948. The average Bonchev–Trinajstić information content (AvgIpc) is 2.72. The van der Waals surface area contributed by atoms with E-state index in [1.54, 1.807) is 0 Å². The molecule has 2 rings (SSSR count). The first-order valence-corrected chi connectivity index (χ1v) is 4.49. The lowest BCUT2D eigenvalue weighted by molar-refractivity contribution is 0.887. The molecule has 1 aromatic rings. The first kappa shape index (κ1) is 6.29. The third-order valence-electron chi connectivity index (χ3n) is 1.96. The molecule has 0 aromatic heterocycles. The Morgan fingerprint density at radius 1 is 1.30 bits per heavy atom. The summed E-state index contributed by atoms with van der Waals surface area (Å²) >= 11 is 2.02. The summed E-state index contributed by atoms with van der Waals surface area (Å²) < 4.78 is 0.460. The second-order valence-electron chi connectivity index (χ2n) is 2.89. The molecule has 1 saturated heterocycles. The van der Waals surface area contributed by atoms with E-state index in [9.17, 15) is 0 Å². The van der Waals surface area contributed by atoms with Gasteiger partial charge in [-0.3, -0.25) is 0 Å². The second kappa shape index (κ2) is 2.03. The van der Waals surface area contributed by atoms with Crippen LogP contribution in [0.4, 0.5) is 0 Å². The molecular formula is C9H10S. The highest BCUT2D eigenvalue weighted by Crippen LogP contribution is 2.52. The van der Waals surface area contributed by atoms with E-state index in [4.69, 9.17) is 0 Å². The van der Waals surface area contributed by atoms with Crippen LogP contribution in [0.5, 0.6) is 0 Å². The summed E-state index contributed by atoms with van der Waals surface area (Å²) in [4.78, 5) is 0. The fourth-order valence-corrected chi connectivity index (χ4v) is 1.75. The second-order valence-corrected chi connectivity index (χ2v) is 4.36. The van der Waals surface area contributed by atoms with Crippen molar-refractivity contribution in [2.75, 3.05) is 5.75 Å². The van der Waals surface area contributed by atoms with Gasteiger partial charge in [0.15, 0.2) is 0 Å². The first-order chi connectivity index (χ1) is 4.81. The van der Waals surface area contributed by atoms with Crippen LogP contribution in [0.3, 0.4) is 0 Å². The number of rotatable bonds is 1. The minimum absolute atomic E-state index is 0.460. The average molecular weight is 150 g/mol. The van der Waals surface area contributed by atoms with E-state index in [0.29, 0.717) is 4.75 Å². The minimum Gasteiger partial charge on any atom is -0.148 e. The standard InChI is InChI=1S/C9H10S/c1-9(7-10-9)8-5-3-2-4-6-8/h2-6H,7H2,1H3/t9-/m1/s1. The van der Waals surface area contributed by atoms with Gasteiger partial charge in [0, 0.05) is 10.5 Å². The highest BCUT2D eigenvalue weighted by molar-refractivity contribution is 8.07. The van der Waals surface area contributed by atoms with Gasteiger partial charge >= 0.3 is 0 Å². The molecule has 0 bridgehead atoms. The molecule has 1 aromatic carbocycles. The van der Waals surface area contributed by atoms with Gasteiger partial charge in [-0.25, -0.2) is 0 Å². The first-order valence-electron chi connectivity index (χ1n) is 3.51. The van der Waals surface area contributed by atoms with Crippen LogP contribution in [-0.2, 0) is 4.75 Å². The highest BCUT2D eigenvalue weighted by atomic mass is 32.2. The predicted molar refractivity (Wildman–Crippen MR) is 46.3 cm³/mol. The molecule has 1 aliphatic heterocycles. The number of hydrogen-bond donors (Lipinski definition) is 0. The molecule has 10 heavy (non-hydrogen) atoms. The summed E-state index contributed by atoms with van der Waals surface area (Å²) in [6, 6.07) is 10.7. The molecule has 1 heterocycles. The van der Waals surface area contributed by atoms with Crippen LogP contribution in [0.25, 0.3) is 0 Å². The summed E-state index contributed by atoms with van der Waals surface area (Å²) in [6.07, 6.45) is 0. The van der Waals surface area contributed by atoms with Crippen molar-refractivity contribution < 1.29 is 0 Å². The summed E-state index contributed by atoms with van der Waals surface area (Å²) in [5.74, 6) is 1.29. The van der Waals surface area contributed by atoms with Gasteiger partial charge in [-0.05, 0) is 12.5 Å². The van der Waals surface area contributed by atoms with Crippen molar-refractivity contribution >= 4 is 11.8 Å². The molecule has 52 valence electrons. The van der Waals surface area contributed by atoms with Crippen molar-refractivity contribution in [3.05, 3.63) is 35.9 Å². The van der Waals surface area contributed by atoms with Crippen LogP contribution in [-0.4, -0.2) is 5.75 Å². The van der Waals surface area contributed by atoms with Crippen molar-refractivity contribution in [3.8, 4) is 0 Å². The fourth-order valence-electron chi connectivity index (χ4n) is 1.07. The Morgan fingerprint density at radius 3 is 2.40 bits per heavy atom. The Labute approximate surface area is 65.6 Å². The predicted octanol–water partition coefficient (Wildman–Crippen LogP) is 2.65. The Balaban J connectivity index is 2.35. The zero-order chi connectivity index (χ0) is 7.03. The van der Waals surface area contributed by atoms with Gasteiger partial charge in [0.25, 0.3) is 0 Å². The van der Waals surface area contributed by atoms with Crippen molar-refractivity contribution in [1.82, 2.24) is 0 Å². The SMILES string of the molecule is C[C@]1(c2ccccc2)CS1. The van der Waals surface area contributed by atoms with Crippen molar-refractivity contribution in [2.45, 2.75) is 11.7 Å². The van der Waals surface area contributed by atoms with E-state index < -0.39 is 0 Å². The molecule has 1 atom stereocenters. The molecule has 0 N–H and O–H groups in total. The van der Waals surface area contributed by atoms with Crippen LogP contribution in [0, 0.1) is 0 Å². The lowest BCUT2D eigenvalue weighted by atomic mass is 10.0. The van der Waals surface area contributed by atoms with Crippen LogP contribution >= 0.6 is 11.8 Å². The molecule has 0 radical (unpaired) electrons. The fraction of sp³-hybridized carbons (Fsp3) is 0.333. The van der Waals surface area contributed by atoms with Gasteiger partial charge in [0.1, 0.15) is 0 Å². The molecule has 1 fully saturated rings. The molecule has 0 nitrogen and oxygen atoms in total. The lowest BCUT2D eigenvalue weighted by Gasteiger charge is -2.04. The Morgan fingerprint density at radius 2 is 1.90 bits per heavy atom. The quantitative estimate of drug-likeness (QED) is 0.555. The van der Waals surface area contributed by atoms with E-state index in [0.717, 1.165) is 0 Å². The smallest absolute Gasteiger partial charge is 0.0471 e. The van der Waals surface area contributed by atoms with E-state index >= 15 is 0 Å². The van der Waals surface area contributed by atoms with Gasteiger partial charge in [0.2, 0.25) is 0 Å². The van der Waals surface area contributed by atoms with E-state index in [1.807, 2.05) is 11.8 Å². The largest absolute Gasteiger partial charge is 0.148 e. The van der Waals surface area contributed by atoms with E-state index in [1.165, 1.54) is 11.3 Å². The normalized spacial score (nSPS) is 30.1. The Kier molecular flexibility index (Phi) is 1.27. The maximum absolute atomic E-state index is 2.30. The Bertz CT molecular complexity index is 224. The summed E-state index contributed by atoms with van der Waals surface area (Å²) in [7, 11) is 0. The van der Waals surface area contributed by atoms with Crippen LogP contribution in [0.2, 0.25) is 0 Å². The zero-order valence-electron chi connectivity index (χ0n) is 6.00. The number of thioether (sulfide) groups is 1. The van der Waals surface area contributed by atoms with Crippen molar-refractivity contribution in [1.29, 1.82) is 0 Å². The summed E-state index contributed by atoms with van der Waals surface area (Å²) in [5, 5.41) is 0. The molecule has 0 amide bonds. The summed E-state index contributed by atoms with van der Waals surface area (Å²) in [6.45, 7) is 2.30. The van der Waals surface area contributed by atoms with Gasteiger partial charge in [-0.2, -0.15) is 0 Å². The highest BCUT2D eigenvalue weighted by Gasteiger charge is 2.39. The molecule has 0 unspecified atom stereocenters. The van der Waals surface area contributed by atoms with Crippen molar-refractivity contribution in [2.24, 2.45) is 0 Å². The Hall–Kier alpha value is -0.430. The minimum atomic E-state index is 0.460. The summed E-state index contributed by atoms with van der Waals surface area (Å²) in [5.41, 5.74) is 1.47. The van der Waals surface area contributed by atoms with Crippen LogP contribution in [0.1, 0.15) is 12.5 Å². The van der Waals surface area contributed by atoms with Gasteiger partial charge in [0.05, 0.1) is 0 Å². The molecule has 1 aliphatic rings. The van der Waals surface area contributed by atoms with E-state index in [2.05, 4.69) is 37.3 Å². The van der Waals surface area contributed by atoms with Crippen molar-refractivity contribution in [3.63, 3.8) is 0 Å². The van der Waals surface area contributed by atoms with Crippen LogP contribution in [0.15, 0.2) is 30.3 Å². The maximum atomic E-state index is 2.30. The van der Waals surface area contributed by atoms with Gasteiger partial charge in [-0.1, -0.05) is 30.3 Å². The molecule has 0 aliphatic carbocycles. The van der Waals surface area contributed by atoms with E-state index in [-0.39, 0.29) is 0 Å². The third-order valence-corrected chi connectivity index (χ3v) is 3.35. The molecule has 0 saturated carbocycles. The number of hydrogen-bond acceptors (Lipinski definition) is 1. The zero-order valence-corrected chi connectivity index (χ0v) is 6.82. The monoisotopic (exact) mass is 150 g/mol. The van der Waals surface area contributed by atoms with Gasteiger partial charge in [-0.15, -0.1) is 11.8 Å². The molecule has 1 heteroatoms. The van der Waals surface area contributed by atoms with Crippen LogP contribution < -0.4 is 0 Å². The topological polar surface area (TPSA) is 0 Å². The number of benzene rings is 1. The lowest BCUT2D eigenvalue weighted by Crippen LogP contribution is -1.98. The maximum Gasteiger partial charge on any atom is 0.0471 e. The van der Waals surface area contributed by atoms with Gasteiger partial charge < -0.3 is 0 Å². The molecule has 0 spiro atoms.